The van der Waals surface area contributed by atoms with E-state index < -0.39 is 0 Å². The molecule has 0 radical (unpaired) electrons. The Labute approximate surface area is 169 Å². The minimum Gasteiger partial charge on any atom is -0.341 e. The van der Waals surface area contributed by atoms with E-state index in [0.29, 0.717) is 11.6 Å². The number of hydrogen-bond donors (Lipinski definition) is 0. The number of nitrogens with zero attached hydrogens (tertiary/aromatic N) is 5. The lowest BCUT2D eigenvalue weighted by Crippen LogP contribution is -2.52. The van der Waals surface area contributed by atoms with E-state index in [1.165, 1.54) is 43.4 Å². The molecule has 2 fully saturated rings. The van der Waals surface area contributed by atoms with Crippen molar-refractivity contribution in [2.24, 2.45) is 0 Å². The third-order valence-electron chi connectivity index (χ3n) is 6.85. The molecule has 5 heteroatoms. The fraction of sp³-hybridized carbons (Fsp3) is 0.565. The van der Waals surface area contributed by atoms with Gasteiger partial charge in [0.25, 0.3) is 0 Å². The molecule has 0 bridgehead atoms. The zero-order chi connectivity index (χ0) is 19.6. The van der Waals surface area contributed by atoms with Gasteiger partial charge in [0.05, 0.1) is 0 Å². The highest BCUT2D eigenvalue weighted by Crippen LogP contribution is 2.40. The lowest BCUT2D eigenvalue weighted by molar-refractivity contribution is 0.0994. The molecule has 3 heterocycles. The van der Waals surface area contributed by atoms with Crippen LogP contribution in [0.5, 0.6) is 0 Å². The predicted octanol–water partition coefficient (Wildman–Crippen LogP) is 3.73. The molecule has 1 spiro atoms. The number of aromatic nitrogens is 2. The Hall–Kier alpha value is -1.98. The van der Waals surface area contributed by atoms with Crippen LogP contribution in [-0.4, -0.2) is 59.0 Å². The van der Waals surface area contributed by atoms with Crippen LogP contribution in [0.1, 0.15) is 49.8 Å². The molecule has 4 rings (SSSR count). The lowest BCUT2D eigenvalue weighted by atomic mass is 9.84. The zero-order valence-corrected chi connectivity index (χ0v) is 17.5. The van der Waals surface area contributed by atoms with E-state index in [0.717, 1.165) is 25.6 Å². The van der Waals surface area contributed by atoms with E-state index in [1.807, 2.05) is 18.5 Å². The van der Waals surface area contributed by atoms with Crippen LogP contribution in [0.4, 0.5) is 5.95 Å². The molecule has 0 unspecified atom stereocenters. The van der Waals surface area contributed by atoms with Crippen molar-refractivity contribution in [3.8, 4) is 0 Å². The Bertz CT molecular complexity index is 768. The van der Waals surface area contributed by atoms with Gasteiger partial charge in [0.2, 0.25) is 5.95 Å². The first kappa shape index (κ1) is 19.3. The number of likely N-dealkylation sites (tertiary alicyclic amines) is 1. The zero-order valence-electron chi connectivity index (χ0n) is 17.5. The summed E-state index contributed by atoms with van der Waals surface area (Å²) < 4.78 is 0. The van der Waals surface area contributed by atoms with Crippen LogP contribution in [0.3, 0.4) is 0 Å². The van der Waals surface area contributed by atoms with Gasteiger partial charge in [-0.15, -0.1) is 0 Å². The van der Waals surface area contributed by atoms with Crippen molar-refractivity contribution < 1.29 is 0 Å². The average molecular weight is 380 g/mol. The summed E-state index contributed by atoms with van der Waals surface area (Å²) in [5.74, 6) is 0.882. The maximum Gasteiger partial charge on any atom is 0.225 e. The monoisotopic (exact) mass is 379 g/mol. The van der Waals surface area contributed by atoms with Crippen LogP contribution in [0.2, 0.25) is 0 Å². The van der Waals surface area contributed by atoms with Crippen molar-refractivity contribution in [3.05, 3.63) is 53.9 Å². The molecule has 1 aromatic heterocycles. The predicted molar refractivity (Wildman–Crippen MR) is 114 cm³/mol. The Morgan fingerprint density at radius 3 is 2.50 bits per heavy atom. The van der Waals surface area contributed by atoms with Crippen molar-refractivity contribution >= 4 is 5.95 Å². The highest BCUT2D eigenvalue weighted by Gasteiger charge is 2.43. The molecule has 2 aliphatic rings. The van der Waals surface area contributed by atoms with Gasteiger partial charge in [0.1, 0.15) is 0 Å². The van der Waals surface area contributed by atoms with E-state index >= 15 is 0 Å². The highest BCUT2D eigenvalue weighted by molar-refractivity contribution is 5.31. The first-order chi connectivity index (χ1) is 13.6. The van der Waals surface area contributed by atoms with Gasteiger partial charge in [-0.2, -0.15) is 0 Å². The van der Waals surface area contributed by atoms with Crippen molar-refractivity contribution in [1.82, 2.24) is 19.8 Å². The van der Waals surface area contributed by atoms with Gasteiger partial charge in [-0.25, -0.2) is 9.97 Å². The molecule has 0 amide bonds. The Morgan fingerprint density at radius 1 is 1.04 bits per heavy atom. The molecule has 2 aliphatic heterocycles. The number of rotatable bonds is 5. The molecule has 5 nitrogen and oxygen atoms in total. The third-order valence-corrected chi connectivity index (χ3v) is 6.85. The molecule has 0 N–H and O–H groups in total. The number of benzene rings is 1. The van der Waals surface area contributed by atoms with Crippen molar-refractivity contribution in [1.29, 1.82) is 0 Å². The first-order valence-corrected chi connectivity index (χ1v) is 10.6. The van der Waals surface area contributed by atoms with Crippen LogP contribution in [0, 0.1) is 0 Å². The van der Waals surface area contributed by atoms with E-state index in [2.05, 4.69) is 70.0 Å². The quantitative estimate of drug-likeness (QED) is 0.791. The molecule has 28 heavy (non-hydrogen) atoms. The van der Waals surface area contributed by atoms with Crippen molar-refractivity contribution in [2.75, 3.05) is 38.6 Å². The van der Waals surface area contributed by atoms with Gasteiger partial charge >= 0.3 is 0 Å². The number of piperidine rings is 1. The fourth-order valence-corrected chi connectivity index (χ4v) is 4.85. The smallest absolute Gasteiger partial charge is 0.225 e. The average Bonchev–Trinajstić information content (AvgIpc) is 3.10. The standard InChI is InChI=1S/C23H33N5/c1-19(26(2)3)21-8-4-7-20(17-21)18-28-14-5-9-23(28)10-15-27(16-11-23)22-24-12-6-13-25-22/h4,6-8,12-13,17,19H,5,9-11,14-16,18H2,1-3H3/t19-/m1/s1. The van der Waals surface area contributed by atoms with Crippen molar-refractivity contribution in [2.45, 2.75) is 50.7 Å². The van der Waals surface area contributed by atoms with Gasteiger partial charge in [-0.1, -0.05) is 24.3 Å². The normalized spacial score (nSPS) is 20.8. The molecule has 1 atom stereocenters. The summed E-state index contributed by atoms with van der Waals surface area (Å²) in [7, 11) is 4.30. The third kappa shape index (κ3) is 3.91. The second-order valence-electron chi connectivity index (χ2n) is 8.67. The van der Waals surface area contributed by atoms with Gasteiger partial charge in [-0.3, -0.25) is 4.90 Å². The first-order valence-electron chi connectivity index (χ1n) is 10.6. The summed E-state index contributed by atoms with van der Waals surface area (Å²) in [6.45, 7) is 6.67. The molecule has 0 aliphatic carbocycles. The molecule has 0 saturated carbocycles. The SMILES string of the molecule is C[C@H](c1cccc(CN2CCCC23CCN(c2ncccn2)CC3)c1)N(C)C. The number of anilines is 1. The number of hydrogen-bond acceptors (Lipinski definition) is 5. The van der Waals surface area contributed by atoms with E-state index in [1.54, 1.807) is 0 Å². The summed E-state index contributed by atoms with van der Waals surface area (Å²) in [5.41, 5.74) is 3.21. The molecule has 2 saturated heterocycles. The fourth-order valence-electron chi connectivity index (χ4n) is 4.85. The minimum atomic E-state index is 0.356. The van der Waals surface area contributed by atoms with Crippen molar-refractivity contribution in [3.63, 3.8) is 0 Å². The van der Waals surface area contributed by atoms with Gasteiger partial charge < -0.3 is 9.80 Å². The molecular weight excluding hydrogens is 346 g/mol. The van der Waals surface area contributed by atoms with Gasteiger partial charge in [0, 0.05) is 43.6 Å². The highest BCUT2D eigenvalue weighted by atomic mass is 15.3. The largest absolute Gasteiger partial charge is 0.341 e. The maximum absolute atomic E-state index is 4.44. The van der Waals surface area contributed by atoms with Crippen LogP contribution < -0.4 is 4.90 Å². The molecule has 2 aromatic rings. The summed E-state index contributed by atoms with van der Waals surface area (Å²) in [4.78, 5) is 16.3. The summed E-state index contributed by atoms with van der Waals surface area (Å²) in [6.07, 6.45) is 8.74. The minimum absolute atomic E-state index is 0.356. The van der Waals surface area contributed by atoms with Gasteiger partial charge in [0.15, 0.2) is 0 Å². The summed E-state index contributed by atoms with van der Waals surface area (Å²) in [6, 6.07) is 11.5. The molecule has 1 aromatic carbocycles. The molecular formula is C23H33N5. The Balaban J connectivity index is 1.44. The van der Waals surface area contributed by atoms with E-state index in [4.69, 9.17) is 0 Å². The summed E-state index contributed by atoms with van der Waals surface area (Å²) >= 11 is 0. The maximum atomic E-state index is 4.44. The molecule has 150 valence electrons. The van der Waals surface area contributed by atoms with Crippen LogP contribution in [0.15, 0.2) is 42.7 Å². The van der Waals surface area contributed by atoms with Crippen LogP contribution in [0.25, 0.3) is 0 Å². The second-order valence-corrected chi connectivity index (χ2v) is 8.67. The second kappa shape index (κ2) is 8.18. The van der Waals surface area contributed by atoms with Crippen LogP contribution in [-0.2, 0) is 6.54 Å². The topological polar surface area (TPSA) is 35.5 Å². The van der Waals surface area contributed by atoms with E-state index in [-0.39, 0.29) is 0 Å². The van der Waals surface area contributed by atoms with Gasteiger partial charge in [-0.05, 0) is 70.4 Å². The van der Waals surface area contributed by atoms with E-state index in [9.17, 15) is 0 Å². The Morgan fingerprint density at radius 2 is 1.79 bits per heavy atom. The lowest BCUT2D eigenvalue weighted by Gasteiger charge is -2.45. The van der Waals surface area contributed by atoms with Crippen LogP contribution >= 0.6 is 0 Å². The Kier molecular flexibility index (Phi) is 5.65. The summed E-state index contributed by atoms with van der Waals surface area (Å²) in [5, 5.41) is 0.